The maximum absolute atomic E-state index is 11.9. The minimum Gasteiger partial charge on any atom is -0.495 e. The molecule has 0 amide bonds. The lowest BCUT2D eigenvalue weighted by atomic mass is 10.0. The van der Waals surface area contributed by atoms with E-state index < -0.39 is 12.0 Å². The molecule has 0 bridgehead atoms. The Kier molecular flexibility index (Phi) is 5.79. The summed E-state index contributed by atoms with van der Waals surface area (Å²) in [6.45, 7) is 1.91. The van der Waals surface area contributed by atoms with E-state index >= 15 is 0 Å². The van der Waals surface area contributed by atoms with Crippen LogP contribution in [0.1, 0.15) is 23.7 Å². The Labute approximate surface area is 116 Å². The van der Waals surface area contributed by atoms with Crippen LogP contribution in [0, 0.1) is 0 Å². The van der Waals surface area contributed by atoms with Crippen molar-refractivity contribution in [3.05, 3.63) is 28.8 Å². The highest BCUT2D eigenvalue weighted by Crippen LogP contribution is 2.25. The molecule has 0 radical (unpaired) electrons. The summed E-state index contributed by atoms with van der Waals surface area (Å²) >= 11 is 5.92. The van der Waals surface area contributed by atoms with Crippen molar-refractivity contribution >= 4 is 23.4 Å². The van der Waals surface area contributed by atoms with Gasteiger partial charge >= 0.3 is 5.97 Å². The predicted molar refractivity (Wildman–Crippen MR) is 71.6 cm³/mol. The number of Topliss-reactive ketones (excluding diaryl/α,β-unsaturated/α-hetero) is 1. The first-order chi connectivity index (χ1) is 8.99. The molecule has 0 saturated carbocycles. The molecule has 2 N–H and O–H groups in total. The maximum atomic E-state index is 11.9. The van der Waals surface area contributed by atoms with Gasteiger partial charge in [0.15, 0.2) is 5.78 Å². The molecule has 1 atom stereocenters. The largest absolute Gasteiger partial charge is 0.495 e. The van der Waals surface area contributed by atoms with Crippen LogP contribution in [-0.4, -0.2) is 31.5 Å². The van der Waals surface area contributed by atoms with Crippen molar-refractivity contribution < 1.29 is 19.1 Å². The Morgan fingerprint density at radius 1 is 1.42 bits per heavy atom. The Bertz CT molecular complexity index is 476. The molecule has 0 fully saturated rings. The van der Waals surface area contributed by atoms with Gasteiger partial charge in [-0.15, -0.1) is 0 Å². The highest BCUT2D eigenvalue weighted by molar-refractivity contribution is 6.32. The van der Waals surface area contributed by atoms with Crippen molar-refractivity contribution in [2.45, 2.75) is 19.4 Å². The monoisotopic (exact) mass is 285 g/mol. The molecule has 6 heteroatoms. The van der Waals surface area contributed by atoms with Crippen molar-refractivity contribution in [3.8, 4) is 5.75 Å². The summed E-state index contributed by atoms with van der Waals surface area (Å²) in [5.41, 5.74) is 5.96. The van der Waals surface area contributed by atoms with E-state index in [1.54, 1.807) is 19.1 Å². The van der Waals surface area contributed by atoms with Crippen LogP contribution in [0.15, 0.2) is 18.2 Å². The number of ketones is 1. The fourth-order valence-corrected chi connectivity index (χ4v) is 1.75. The summed E-state index contributed by atoms with van der Waals surface area (Å²) in [6.07, 6.45) is -0.124. The second kappa shape index (κ2) is 7.11. The number of benzene rings is 1. The van der Waals surface area contributed by atoms with Crippen LogP contribution in [-0.2, 0) is 9.53 Å². The van der Waals surface area contributed by atoms with Crippen LogP contribution < -0.4 is 10.5 Å². The van der Waals surface area contributed by atoms with Gasteiger partial charge in [0.1, 0.15) is 11.8 Å². The summed E-state index contributed by atoms with van der Waals surface area (Å²) in [5.74, 6) is -0.381. The van der Waals surface area contributed by atoms with Crippen molar-refractivity contribution in [1.29, 1.82) is 0 Å². The number of nitrogens with two attached hydrogens (primary N) is 1. The zero-order valence-electron chi connectivity index (χ0n) is 10.8. The van der Waals surface area contributed by atoms with E-state index in [2.05, 4.69) is 0 Å². The van der Waals surface area contributed by atoms with E-state index in [0.717, 1.165) is 0 Å². The quantitative estimate of drug-likeness (QED) is 0.637. The Hall–Kier alpha value is -1.59. The zero-order chi connectivity index (χ0) is 14.4. The number of carbonyl (C=O) groups is 2. The average Bonchev–Trinajstić information content (AvgIpc) is 2.38. The summed E-state index contributed by atoms with van der Waals surface area (Å²) in [5, 5.41) is 0.332. The van der Waals surface area contributed by atoms with E-state index in [1.807, 2.05) is 0 Å². The van der Waals surface area contributed by atoms with Crippen molar-refractivity contribution in [3.63, 3.8) is 0 Å². The van der Waals surface area contributed by atoms with Crippen molar-refractivity contribution in [1.82, 2.24) is 0 Å². The maximum Gasteiger partial charge on any atom is 0.323 e. The predicted octanol–water partition coefficient (Wildman–Crippen LogP) is 1.81. The molecule has 0 heterocycles. The summed E-state index contributed by atoms with van der Waals surface area (Å²) in [4.78, 5) is 23.3. The number of rotatable bonds is 6. The summed E-state index contributed by atoms with van der Waals surface area (Å²) in [7, 11) is 1.49. The van der Waals surface area contributed by atoms with Crippen LogP contribution in [0.5, 0.6) is 5.75 Å². The number of hydrogen-bond donors (Lipinski definition) is 1. The minimum absolute atomic E-state index is 0.124. The molecule has 19 heavy (non-hydrogen) atoms. The minimum atomic E-state index is -0.965. The average molecular weight is 286 g/mol. The smallest absolute Gasteiger partial charge is 0.323 e. The first-order valence-electron chi connectivity index (χ1n) is 5.78. The molecular formula is C13H16ClNO4. The first-order valence-corrected chi connectivity index (χ1v) is 6.16. The summed E-state index contributed by atoms with van der Waals surface area (Å²) < 4.78 is 9.73. The van der Waals surface area contributed by atoms with E-state index in [1.165, 1.54) is 13.2 Å². The topological polar surface area (TPSA) is 78.6 Å². The first kappa shape index (κ1) is 15.5. The Morgan fingerprint density at radius 2 is 2.11 bits per heavy atom. The third-order valence-corrected chi connectivity index (χ3v) is 2.76. The summed E-state index contributed by atoms with van der Waals surface area (Å²) in [6, 6.07) is 3.69. The molecule has 5 nitrogen and oxygen atoms in total. The molecule has 1 unspecified atom stereocenters. The fraction of sp³-hybridized carbons (Fsp3) is 0.385. The molecule has 0 aromatic heterocycles. The van der Waals surface area contributed by atoms with E-state index in [-0.39, 0.29) is 18.8 Å². The SMILES string of the molecule is CCOC(=O)C(N)CC(=O)c1ccc(OC)c(Cl)c1. The molecule has 0 spiro atoms. The highest BCUT2D eigenvalue weighted by atomic mass is 35.5. The van der Waals surface area contributed by atoms with Gasteiger partial charge in [-0.05, 0) is 25.1 Å². The number of carbonyl (C=O) groups excluding carboxylic acids is 2. The van der Waals surface area contributed by atoms with Gasteiger partial charge < -0.3 is 15.2 Å². The van der Waals surface area contributed by atoms with Gasteiger partial charge in [0.25, 0.3) is 0 Å². The van der Waals surface area contributed by atoms with E-state index in [4.69, 9.17) is 26.8 Å². The molecule has 1 rings (SSSR count). The Morgan fingerprint density at radius 3 is 2.63 bits per heavy atom. The van der Waals surface area contributed by atoms with Gasteiger partial charge in [-0.2, -0.15) is 0 Å². The molecule has 0 aliphatic heterocycles. The van der Waals surface area contributed by atoms with E-state index in [0.29, 0.717) is 16.3 Å². The van der Waals surface area contributed by atoms with Gasteiger partial charge in [0.05, 0.1) is 18.7 Å². The van der Waals surface area contributed by atoms with Crippen LogP contribution >= 0.6 is 11.6 Å². The second-order valence-corrected chi connectivity index (χ2v) is 4.24. The second-order valence-electron chi connectivity index (χ2n) is 3.84. The fourth-order valence-electron chi connectivity index (χ4n) is 1.49. The molecule has 0 aliphatic carbocycles. The van der Waals surface area contributed by atoms with Crippen LogP contribution in [0.2, 0.25) is 5.02 Å². The lowest BCUT2D eigenvalue weighted by molar-refractivity contribution is -0.144. The zero-order valence-corrected chi connectivity index (χ0v) is 11.6. The van der Waals surface area contributed by atoms with Gasteiger partial charge in [-0.1, -0.05) is 11.6 Å². The van der Waals surface area contributed by atoms with Gasteiger partial charge in [-0.3, -0.25) is 9.59 Å². The number of esters is 1. The van der Waals surface area contributed by atoms with Gasteiger partial charge in [0.2, 0.25) is 0 Å². The van der Waals surface area contributed by atoms with Crippen LogP contribution in [0.25, 0.3) is 0 Å². The number of halogens is 1. The van der Waals surface area contributed by atoms with Gasteiger partial charge in [-0.25, -0.2) is 0 Å². The van der Waals surface area contributed by atoms with Crippen LogP contribution in [0.4, 0.5) is 0 Å². The Balaban J connectivity index is 2.73. The van der Waals surface area contributed by atoms with Gasteiger partial charge in [0, 0.05) is 12.0 Å². The number of methoxy groups -OCH3 is 1. The third kappa shape index (κ3) is 4.22. The lowest BCUT2D eigenvalue weighted by Crippen LogP contribution is -2.34. The van der Waals surface area contributed by atoms with Crippen molar-refractivity contribution in [2.75, 3.05) is 13.7 Å². The molecule has 0 aliphatic rings. The molecule has 1 aromatic rings. The normalized spacial score (nSPS) is 11.8. The molecular weight excluding hydrogens is 270 g/mol. The van der Waals surface area contributed by atoms with E-state index in [9.17, 15) is 9.59 Å². The molecule has 1 aromatic carbocycles. The lowest BCUT2D eigenvalue weighted by Gasteiger charge is -2.10. The highest BCUT2D eigenvalue weighted by Gasteiger charge is 2.20. The number of hydrogen-bond acceptors (Lipinski definition) is 5. The van der Waals surface area contributed by atoms with Crippen molar-refractivity contribution in [2.24, 2.45) is 5.73 Å². The number of ether oxygens (including phenoxy) is 2. The van der Waals surface area contributed by atoms with Crippen LogP contribution in [0.3, 0.4) is 0 Å². The molecule has 0 saturated heterocycles. The standard InChI is InChI=1S/C13H16ClNO4/c1-3-19-13(17)10(15)7-11(16)8-4-5-12(18-2)9(14)6-8/h4-6,10H,3,7,15H2,1-2H3. The third-order valence-electron chi connectivity index (χ3n) is 2.47. The molecule has 104 valence electrons.